The Labute approximate surface area is 160 Å². The van der Waals surface area contributed by atoms with Crippen LogP contribution in [-0.4, -0.2) is 42.9 Å². The van der Waals surface area contributed by atoms with Gasteiger partial charge in [-0.3, -0.25) is 9.78 Å². The Morgan fingerprint density at radius 3 is 2.32 bits per heavy atom. The summed E-state index contributed by atoms with van der Waals surface area (Å²) in [6.07, 6.45) is 5.58. The number of carboxylic acids is 2. The molecule has 8 nitrogen and oxygen atoms in total. The van der Waals surface area contributed by atoms with Gasteiger partial charge in [-0.15, -0.1) is 0 Å². The van der Waals surface area contributed by atoms with Gasteiger partial charge < -0.3 is 15.2 Å². The molecule has 3 aromatic rings. The third kappa shape index (κ3) is 5.87. The van der Waals surface area contributed by atoms with E-state index in [0.29, 0.717) is 25.0 Å². The topological polar surface area (TPSA) is 133 Å². The van der Waals surface area contributed by atoms with Crippen molar-refractivity contribution in [3.63, 3.8) is 0 Å². The molecule has 0 aliphatic rings. The molecular formula is C20H19N3O5. The van der Waals surface area contributed by atoms with Crippen molar-refractivity contribution in [3.8, 4) is 0 Å². The highest BCUT2D eigenvalue weighted by Gasteiger charge is 2.11. The molecule has 28 heavy (non-hydrogen) atoms. The van der Waals surface area contributed by atoms with Crippen LogP contribution < -0.4 is 0 Å². The third-order valence-corrected chi connectivity index (χ3v) is 3.84. The Hall–Kier alpha value is -3.81. The molecule has 0 aliphatic carbocycles. The number of H-pyrrole nitrogens is 1. The number of carbonyl (C=O) groups is 3. The number of nitrogens with one attached hydrogen (secondary N) is 1. The lowest BCUT2D eigenvalue weighted by atomic mass is 10.0. The summed E-state index contributed by atoms with van der Waals surface area (Å²) in [7, 11) is 0. The van der Waals surface area contributed by atoms with E-state index < -0.39 is 11.9 Å². The molecule has 0 bridgehead atoms. The van der Waals surface area contributed by atoms with E-state index in [1.165, 1.54) is 0 Å². The van der Waals surface area contributed by atoms with Crippen molar-refractivity contribution in [1.29, 1.82) is 0 Å². The van der Waals surface area contributed by atoms with E-state index in [4.69, 9.17) is 10.2 Å². The van der Waals surface area contributed by atoms with E-state index in [2.05, 4.69) is 15.0 Å². The van der Waals surface area contributed by atoms with E-state index in [9.17, 15) is 14.4 Å². The van der Waals surface area contributed by atoms with Crippen LogP contribution >= 0.6 is 0 Å². The van der Waals surface area contributed by atoms with Crippen molar-refractivity contribution in [2.24, 2.45) is 0 Å². The van der Waals surface area contributed by atoms with Gasteiger partial charge >= 0.3 is 11.9 Å². The SMILES string of the molecule is Cc1[nH]cnc1CCC(=O)c1ccnc2ccccc12.O=C(O)C=CC(=O)O. The first-order valence-electron chi connectivity index (χ1n) is 8.38. The first kappa shape index (κ1) is 20.5. The molecule has 0 unspecified atom stereocenters. The average molecular weight is 381 g/mol. The van der Waals surface area contributed by atoms with Crippen LogP contribution in [0, 0.1) is 6.92 Å². The zero-order valence-electron chi connectivity index (χ0n) is 15.1. The molecule has 0 atom stereocenters. The smallest absolute Gasteiger partial charge is 0.328 e. The lowest BCUT2D eigenvalue weighted by Crippen LogP contribution is -2.03. The van der Waals surface area contributed by atoms with Crippen LogP contribution in [0.25, 0.3) is 10.9 Å². The van der Waals surface area contributed by atoms with Crippen LogP contribution in [0.5, 0.6) is 0 Å². The van der Waals surface area contributed by atoms with Crippen LogP contribution in [0.4, 0.5) is 0 Å². The highest BCUT2D eigenvalue weighted by Crippen LogP contribution is 2.18. The number of aromatic nitrogens is 3. The Bertz CT molecular complexity index is 1000. The van der Waals surface area contributed by atoms with Crippen molar-refractivity contribution in [3.05, 3.63) is 72.0 Å². The molecule has 2 aromatic heterocycles. The highest BCUT2D eigenvalue weighted by atomic mass is 16.4. The van der Waals surface area contributed by atoms with E-state index in [1.54, 1.807) is 18.6 Å². The number of Topliss-reactive ketones (excluding diaryl/α,β-unsaturated/α-hetero) is 1. The predicted octanol–water partition coefficient (Wildman–Crippen LogP) is 2.79. The normalized spacial score (nSPS) is 10.5. The minimum Gasteiger partial charge on any atom is -0.478 e. The number of carbonyl (C=O) groups excluding carboxylic acids is 1. The molecule has 0 saturated heterocycles. The fourth-order valence-corrected chi connectivity index (χ4v) is 2.49. The maximum Gasteiger partial charge on any atom is 0.328 e. The number of hydrogen-bond donors (Lipinski definition) is 3. The lowest BCUT2D eigenvalue weighted by molar-refractivity contribution is -0.134. The molecule has 0 radical (unpaired) electrons. The maximum atomic E-state index is 12.4. The quantitative estimate of drug-likeness (QED) is 0.441. The molecule has 2 heterocycles. The first-order valence-corrected chi connectivity index (χ1v) is 8.38. The van der Waals surface area contributed by atoms with Crippen molar-refractivity contribution >= 4 is 28.6 Å². The summed E-state index contributed by atoms with van der Waals surface area (Å²) in [6, 6.07) is 9.51. The summed E-state index contributed by atoms with van der Waals surface area (Å²) >= 11 is 0. The van der Waals surface area contributed by atoms with Gasteiger partial charge in [0.15, 0.2) is 5.78 Å². The number of fused-ring (bicyclic) bond motifs is 1. The number of carboxylic acid groups (broad SMARTS) is 2. The Morgan fingerprint density at radius 2 is 1.71 bits per heavy atom. The number of ketones is 1. The molecule has 3 rings (SSSR count). The molecule has 3 N–H and O–H groups in total. The second-order valence-electron chi connectivity index (χ2n) is 5.78. The molecule has 8 heteroatoms. The number of nitrogens with zero attached hydrogens (tertiary/aromatic N) is 2. The predicted molar refractivity (Wildman–Crippen MR) is 102 cm³/mol. The first-order chi connectivity index (χ1) is 13.4. The number of aliphatic carboxylic acids is 2. The number of aryl methyl sites for hydroxylation is 2. The van der Waals surface area contributed by atoms with E-state index >= 15 is 0 Å². The summed E-state index contributed by atoms with van der Waals surface area (Å²) in [5.74, 6) is -2.38. The summed E-state index contributed by atoms with van der Waals surface area (Å²) < 4.78 is 0. The van der Waals surface area contributed by atoms with Gasteiger partial charge in [0, 0.05) is 41.4 Å². The van der Waals surface area contributed by atoms with Gasteiger partial charge in [-0.25, -0.2) is 14.6 Å². The Morgan fingerprint density at radius 1 is 1.04 bits per heavy atom. The fourth-order valence-electron chi connectivity index (χ4n) is 2.49. The average Bonchev–Trinajstić information content (AvgIpc) is 3.09. The van der Waals surface area contributed by atoms with Gasteiger partial charge in [0.1, 0.15) is 0 Å². The van der Waals surface area contributed by atoms with E-state index in [1.807, 2.05) is 31.2 Å². The van der Waals surface area contributed by atoms with Crippen LogP contribution in [0.15, 0.2) is 55.0 Å². The van der Waals surface area contributed by atoms with E-state index in [-0.39, 0.29) is 5.78 Å². The van der Waals surface area contributed by atoms with Gasteiger partial charge in [-0.2, -0.15) is 0 Å². The Kier molecular flexibility index (Phi) is 7.15. The lowest BCUT2D eigenvalue weighted by Gasteiger charge is -2.04. The standard InChI is InChI=1S/C16H15N3O.C4H4O4/c1-11-14(19-10-18-11)6-7-16(20)13-8-9-17-15-5-3-2-4-12(13)15;5-3(6)1-2-4(7)8/h2-5,8-10H,6-7H2,1H3,(H,18,19);1-2H,(H,5,6)(H,7,8). The number of aromatic amines is 1. The van der Waals surface area contributed by atoms with Crippen LogP contribution in [-0.2, 0) is 16.0 Å². The van der Waals surface area contributed by atoms with Gasteiger partial charge in [0.05, 0.1) is 17.5 Å². The van der Waals surface area contributed by atoms with Gasteiger partial charge in [-0.05, 0) is 25.5 Å². The van der Waals surface area contributed by atoms with Crippen molar-refractivity contribution in [2.75, 3.05) is 0 Å². The number of imidazole rings is 1. The molecule has 0 saturated carbocycles. The molecule has 0 amide bonds. The van der Waals surface area contributed by atoms with Crippen LogP contribution in [0.1, 0.15) is 28.2 Å². The van der Waals surface area contributed by atoms with Crippen molar-refractivity contribution < 1.29 is 24.6 Å². The monoisotopic (exact) mass is 381 g/mol. The van der Waals surface area contributed by atoms with Gasteiger partial charge in [0.25, 0.3) is 0 Å². The summed E-state index contributed by atoms with van der Waals surface area (Å²) in [5.41, 5.74) is 3.58. The molecule has 0 fully saturated rings. The highest BCUT2D eigenvalue weighted by molar-refractivity contribution is 6.07. The molecule has 1 aromatic carbocycles. The summed E-state index contributed by atoms with van der Waals surface area (Å²) in [6.45, 7) is 1.97. The second kappa shape index (κ2) is 9.77. The van der Waals surface area contributed by atoms with Gasteiger partial charge in [0.2, 0.25) is 0 Å². The zero-order valence-corrected chi connectivity index (χ0v) is 15.1. The summed E-state index contributed by atoms with van der Waals surface area (Å²) in [4.78, 5) is 43.0. The largest absolute Gasteiger partial charge is 0.478 e. The van der Waals surface area contributed by atoms with Gasteiger partial charge in [-0.1, -0.05) is 18.2 Å². The Balaban J connectivity index is 0.000000300. The number of para-hydroxylation sites is 1. The maximum absolute atomic E-state index is 12.4. The molecular weight excluding hydrogens is 362 g/mol. The van der Waals surface area contributed by atoms with E-state index in [0.717, 1.165) is 27.9 Å². The number of benzene rings is 1. The second-order valence-corrected chi connectivity index (χ2v) is 5.78. The minimum absolute atomic E-state index is 0.131. The molecule has 0 aliphatic heterocycles. The van der Waals surface area contributed by atoms with Crippen LogP contribution in [0.3, 0.4) is 0 Å². The number of rotatable bonds is 6. The minimum atomic E-state index is -1.26. The number of hydrogen-bond acceptors (Lipinski definition) is 5. The number of pyridine rings is 1. The summed E-state index contributed by atoms with van der Waals surface area (Å²) in [5, 5.41) is 16.5. The fraction of sp³-hybridized carbons (Fsp3) is 0.150. The van der Waals surface area contributed by atoms with Crippen molar-refractivity contribution in [1.82, 2.24) is 15.0 Å². The zero-order chi connectivity index (χ0) is 20.5. The van der Waals surface area contributed by atoms with Crippen LogP contribution in [0.2, 0.25) is 0 Å². The molecule has 144 valence electrons. The van der Waals surface area contributed by atoms with Crippen molar-refractivity contribution in [2.45, 2.75) is 19.8 Å². The third-order valence-electron chi connectivity index (χ3n) is 3.84. The molecule has 0 spiro atoms.